The standard InChI is InChI=1S/C15H19N3O4S/c1-21-14-3-2-11(8-15(14)23(16,19)20)12-9-17-18(10-12)13-4-6-22-7-5-13/h2-3,8-10,13H,4-7H2,1H3,(H2,16,19,20). The van der Waals surface area contributed by atoms with Crippen molar-refractivity contribution in [1.82, 2.24) is 9.78 Å². The van der Waals surface area contributed by atoms with Crippen LogP contribution in [-0.4, -0.2) is 38.5 Å². The van der Waals surface area contributed by atoms with Crippen molar-refractivity contribution in [3.8, 4) is 16.9 Å². The lowest BCUT2D eigenvalue weighted by Gasteiger charge is -2.22. The van der Waals surface area contributed by atoms with Crippen LogP contribution in [0.3, 0.4) is 0 Å². The largest absolute Gasteiger partial charge is 0.495 e. The number of rotatable bonds is 4. The predicted molar refractivity (Wildman–Crippen MR) is 84.7 cm³/mol. The van der Waals surface area contributed by atoms with E-state index in [2.05, 4.69) is 5.10 Å². The van der Waals surface area contributed by atoms with Gasteiger partial charge in [-0.05, 0) is 30.5 Å². The summed E-state index contributed by atoms with van der Waals surface area (Å²) >= 11 is 0. The Kier molecular flexibility index (Phi) is 4.38. The zero-order valence-electron chi connectivity index (χ0n) is 12.8. The van der Waals surface area contributed by atoms with Crippen LogP contribution in [0.5, 0.6) is 5.75 Å². The lowest BCUT2D eigenvalue weighted by molar-refractivity contribution is 0.0662. The van der Waals surface area contributed by atoms with Crippen LogP contribution in [0.1, 0.15) is 18.9 Å². The van der Waals surface area contributed by atoms with Crippen molar-refractivity contribution in [3.05, 3.63) is 30.6 Å². The highest BCUT2D eigenvalue weighted by molar-refractivity contribution is 7.89. The Bertz CT molecular complexity index is 795. The number of nitrogens with zero attached hydrogens (tertiary/aromatic N) is 2. The van der Waals surface area contributed by atoms with Gasteiger partial charge in [0.2, 0.25) is 10.0 Å². The highest BCUT2D eigenvalue weighted by Gasteiger charge is 2.19. The fourth-order valence-corrected chi connectivity index (χ4v) is 3.44. The first-order chi connectivity index (χ1) is 11.0. The van der Waals surface area contributed by atoms with Crippen molar-refractivity contribution in [3.63, 3.8) is 0 Å². The molecule has 0 amide bonds. The number of primary sulfonamides is 1. The summed E-state index contributed by atoms with van der Waals surface area (Å²) in [6.07, 6.45) is 5.49. The van der Waals surface area contributed by atoms with Crippen LogP contribution in [0.15, 0.2) is 35.5 Å². The number of benzene rings is 1. The Morgan fingerprint density at radius 3 is 2.70 bits per heavy atom. The summed E-state index contributed by atoms with van der Waals surface area (Å²) in [6.45, 7) is 1.47. The van der Waals surface area contributed by atoms with Crippen molar-refractivity contribution >= 4 is 10.0 Å². The molecule has 0 aliphatic carbocycles. The third-order valence-electron chi connectivity index (χ3n) is 3.97. The van der Waals surface area contributed by atoms with E-state index in [0.29, 0.717) is 6.04 Å². The molecule has 0 radical (unpaired) electrons. The average molecular weight is 337 g/mol. The smallest absolute Gasteiger partial charge is 0.241 e. The van der Waals surface area contributed by atoms with E-state index in [1.165, 1.54) is 13.2 Å². The average Bonchev–Trinajstić information content (AvgIpc) is 3.04. The van der Waals surface area contributed by atoms with Gasteiger partial charge in [-0.25, -0.2) is 13.6 Å². The molecule has 3 rings (SSSR count). The molecule has 0 unspecified atom stereocenters. The van der Waals surface area contributed by atoms with Gasteiger partial charge in [-0.15, -0.1) is 0 Å². The third-order valence-corrected chi connectivity index (χ3v) is 4.90. The van der Waals surface area contributed by atoms with Crippen LogP contribution in [0, 0.1) is 0 Å². The molecule has 1 aliphatic rings. The van der Waals surface area contributed by atoms with E-state index in [1.54, 1.807) is 18.3 Å². The first-order valence-corrected chi connectivity index (χ1v) is 8.87. The SMILES string of the molecule is COc1ccc(-c2cnn(C3CCOCC3)c2)cc1S(N)(=O)=O. The maximum atomic E-state index is 11.7. The summed E-state index contributed by atoms with van der Waals surface area (Å²) in [5, 5.41) is 9.66. The third kappa shape index (κ3) is 3.39. The molecule has 23 heavy (non-hydrogen) atoms. The first kappa shape index (κ1) is 16.0. The Labute approximate surface area is 135 Å². The van der Waals surface area contributed by atoms with Crippen LogP contribution in [-0.2, 0) is 14.8 Å². The van der Waals surface area contributed by atoms with Crippen LogP contribution < -0.4 is 9.88 Å². The van der Waals surface area contributed by atoms with Gasteiger partial charge in [-0.2, -0.15) is 5.10 Å². The normalized spacial score (nSPS) is 16.4. The molecule has 0 bridgehead atoms. The lowest BCUT2D eigenvalue weighted by Crippen LogP contribution is -2.19. The molecule has 2 aromatic rings. The van der Waals surface area contributed by atoms with E-state index < -0.39 is 10.0 Å². The maximum Gasteiger partial charge on any atom is 0.241 e. The zero-order chi connectivity index (χ0) is 16.4. The van der Waals surface area contributed by atoms with Gasteiger partial charge in [0, 0.05) is 25.0 Å². The molecule has 2 heterocycles. The predicted octanol–water partition coefficient (Wildman–Crippen LogP) is 1.56. The van der Waals surface area contributed by atoms with Gasteiger partial charge < -0.3 is 9.47 Å². The minimum atomic E-state index is -3.86. The highest BCUT2D eigenvalue weighted by atomic mass is 32.2. The minimum absolute atomic E-state index is 0.0312. The Balaban J connectivity index is 1.94. The van der Waals surface area contributed by atoms with Crippen LogP contribution in [0.25, 0.3) is 11.1 Å². The van der Waals surface area contributed by atoms with Crippen molar-refractivity contribution in [2.45, 2.75) is 23.8 Å². The fraction of sp³-hybridized carbons (Fsp3) is 0.400. The van der Waals surface area contributed by atoms with E-state index in [0.717, 1.165) is 37.2 Å². The summed E-state index contributed by atoms with van der Waals surface area (Å²) in [4.78, 5) is -0.0312. The van der Waals surface area contributed by atoms with E-state index >= 15 is 0 Å². The molecular formula is C15H19N3O4S. The van der Waals surface area contributed by atoms with E-state index in [4.69, 9.17) is 14.6 Å². The van der Waals surface area contributed by atoms with Crippen molar-refractivity contribution in [1.29, 1.82) is 0 Å². The summed E-state index contributed by atoms with van der Waals surface area (Å²) in [5.74, 6) is 0.230. The Hall–Kier alpha value is -1.90. The number of nitrogens with two attached hydrogens (primary N) is 1. The molecular weight excluding hydrogens is 318 g/mol. The lowest BCUT2D eigenvalue weighted by atomic mass is 10.1. The number of sulfonamides is 1. The summed E-state index contributed by atoms with van der Waals surface area (Å²) < 4.78 is 35.8. The Morgan fingerprint density at radius 2 is 2.04 bits per heavy atom. The molecule has 0 atom stereocenters. The highest BCUT2D eigenvalue weighted by Crippen LogP contribution is 2.30. The molecule has 8 heteroatoms. The van der Waals surface area contributed by atoms with Crippen LogP contribution in [0.4, 0.5) is 0 Å². The number of ether oxygens (including phenoxy) is 2. The van der Waals surface area contributed by atoms with Gasteiger partial charge in [-0.3, -0.25) is 4.68 Å². The van der Waals surface area contributed by atoms with Crippen molar-refractivity contribution < 1.29 is 17.9 Å². The van der Waals surface area contributed by atoms with Gasteiger partial charge in [-0.1, -0.05) is 6.07 Å². The Morgan fingerprint density at radius 1 is 1.30 bits per heavy atom. The number of hydrogen-bond donors (Lipinski definition) is 1. The second-order valence-corrected chi connectivity index (χ2v) is 6.99. The summed E-state index contributed by atoms with van der Waals surface area (Å²) in [6, 6.07) is 5.22. The summed E-state index contributed by atoms with van der Waals surface area (Å²) in [7, 11) is -2.45. The molecule has 124 valence electrons. The molecule has 1 aromatic heterocycles. The van der Waals surface area contributed by atoms with Gasteiger partial charge >= 0.3 is 0 Å². The molecule has 1 saturated heterocycles. The number of hydrogen-bond acceptors (Lipinski definition) is 5. The molecule has 0 spiro atoms. The molecule has 1 aromatic carbocycles. The zero-order valence-corrected chi connectivity index (χ0v) is 13.6. The molecule has 0 saturated carbocycles. The number of aromatic nitrogens is 2. The number of methoxy groups -OCH3 is 1. The monoisotopic (exact) mass is 337 g/mol. The first-order valence-electron chi connectivity index (χ1n) is 7.32. The molecule has 1 aliphatic heterocycles. The van der Waals surface area contributed by atoms with E-state index in [9.17, 15) is 8.42 Å². The topological polar surface area (TPSA) is 96.4 Å². The van der Waals surface area contributed by atoms with E-state index in [1.807, 2.05) is 10.9 Å². The van der Waals surface area contributed by atoms with Crippen LogP contribution in [0.2, 0.25) is 0 Å². The van der Waals surface area contributed by atoms with Gasteiger partial charge in [0.25, 0.3) is 0 Å². The van der Waals surface area contributed by atoms with Gasteiger partial charge in [0.05, 0.1) is 19.3 Å². The van der Waals surface area contributed by atoms with Crippen molar-refractivity contribution in [2.75, 3.05) is 20.3 Å². The summed E-state index contributed by atoms with van der Waals surface area (Å²) in [5.41, 5.74) is 1.57. The van der Waals surface area contributed by atoms with Gasteiger partial charge in [0.1, 0.15) is 10.6 Å². The second kappa shape index (κ2) is 6.31. The molecule has 2 N–H and O–H groups in total. The van der Waals surface area contributed by atoms with Crippen LogP contribution >= 0.6 is 0 Å². The minimum Gasteiger partial charge on any atom is -0.495 e. The molecule has 7 nitrogen and oxygen atoms in total. The fourth-order valence-electron chi connectivity index (χ4n) is 2.72. The molecule has 1 fully saturated rings. The van der Waals surface area contributed by atoms with Gasteiger partial charge in [0.15, 0.2) is 0 Å². The maximum absolute atomic E-state index is 11.7. The van der Waals surface area contributed by atoms with E-state index in [-0.39, 0.29) is 10.6 Å². The quantitative estimate of drug-likeness (QED) is 0.913. The van der Waals surface area contributed by atoms with Crippen molar-refractivity contribution in [2.24, 2.45) is 5.14 Å². The second-order valence-electron chi connectivity index (χ2n) is 5.46.